The molecule has 0 aromatic carbocycles. The lowest BCUT2D eigenvalue weighted by Gasteiger charge is -2.10. The normalized spacial score (nSPS) is 10.4. The first kappa shape index (κ1) is 14.0. The zero-order valence-corrected chi connectivity index (χ0v) is 12.3. The molecule has 0 atom stereocenters. The summed E-state index contributed by atoms with van der Waals surface area (Å²) in [5.41, 5.74) is 2.10. The molecule has 0 unspecified atom stereocenters. The maximum absolute atomic E-state index is 12.1. The van der Waals surface area contributed by atoms with Gasteiger partial charge in [0.25, 0.3) is 5.91 Å². The van der Waals surface area contributed by atoms with Gasteiger partial charge >= 0.3 is 0 Å². The lowest BCUT2D eigenvalue weighted by atomic mass is 10.2. The van der Waals surface area contributed by atoms with E-state index < -0.39 is 0 Å². The molecule has 0 saturated heterocycles. The molecule has 2 aromatic heterocycles. The second-order valence-corrected chi connectivity index (χ2v) is 4.79. The number of rotatable bonds is 3. The molecule has 1 amide bonds. The Hall–Kier alpha value is -2.44. The molecular formula is C13H18N6O. The van der Waals surface area contributed by atoms with Gasteiger partial charge in [-0.05, 0) is 13.8 Å². The summed E-state index contributed by atoms with van der Waals surface area (Å²) in [6.45, 7) is 3.81. The van der Waals surface area contributed by atoms with Crippen molar-refractivity contribution in [2.75, 3.05) is 24.3 Å². The summed E-state index contributed by atoms with van der Waals surface area (Å²) in [5, 5.41) is 7.06. The number of hydrogen-bond acceptors (Lipinski definition) is 5. The molecule has 0 radical (unpaired) electrons. The van der Waals surface area contributed by atoms with Crippen LogP contribution in [-0.2, 0) is 7.05 Å². The average molecular weight is 274 g/mol. The van der Waals surface area contributed by atoms with Crippen LogP contribution in [0.15, 0.2) is 12.4 Å². The Morgan fingerprint density at radius 1 is 1.25 bits per heavy atom. The molecule has 20 heavy (non-hydrogen) atoms. The van der Waals surface area contributed by atoms with Crippen LogP contribution in [0.25, 0.3) is 0 Å². The van der Waals surface area contributed by atoms with E-state index in [0.29, 0.717) is 11.6 Å². The number of carbonyl (C=O) groups excluding carboxylic acids is 1. The molecule has 2 heterocycles. The van der Waals surface area contributed by atoms with Crippen molar-refractivity contribution in [3.63, 3.8) is 0 Å². The molecule has 2 aromatic rings. The molecular weight excluding hydrogens is 256 g/mol. The largest absolute Gasteiger partial charge is 0.361 e. The van der Waals surface area contributed by atoms with Crippen LogP contribution in [0.2, 0.25) is 0 Å². The van der Waals surface area contributed by atoms with Gasteiger partial charge in [-0.2, -0.15) is 5.10 Å². The minimum atomic E-state index is -0.297. The highest BCUT2D eigenvalue weighted by Crippen LogP contribution is 2.17. The van der Waals surface area contributed by atoms with Gasteiger partial charge in [0.2, 0.25) is 0 Å². The summed E-state index contributed by atoms with van der Waals surface area (Å²) < 4.78 is 1.64. The number of carbonyl (C=O) groups is 1. The molecule has 1 N–H and O–H groups in total. The second-order valence-electron chi connectivity index (χ2n) is 4.79. The van der Waals surface area contributed by atoms with Gasteiger partial charge in [-0.15, -0.1) is 0 Å². The summed E-state index contributed by atoms with van der Waals surface area (Å²) in [5.74, 6) is 1.08. The van der Waals surface area contributed by atoms with Crippen molar-refractivity contribution in [1.29, 1.82) is 0 Å². The molecule has 0 bridgehead atoms. The van der Waals surface area contributed by atoms with Crippen molar-refractivity contribution in [2.45, 2.75) is 13.8 Å². The van der Waals surface area contributed by atoms with E-state index in [9.17, 15) is 4.79 Å². The Morgan fingerprint density at radius 3 is 2.40 bits per heavy atom. The highest BCUT2D eigenvalue weighted by atomic mass is 16.2. The van der Waals surface area contributed by atoms with E-state index in [1.165, 1.54) is 6.20 Å². The van der Waals surface area contributed by atoms with Gasteiger partial charge in [0, 0.05) is 26.7 Å². The number of aromatic nitrogens is 4. The topological polar surface area (TPSA) is 75.9 Å². The SMILES string of the molecule is Cc1nn(C)c(NC(=O)c2cnc(N(C)C)cn2)c1C. The van der Waals surface area contributed by atoms with Crippen LogP contribution >= 0.6 is 0 Å². The fraction of sp³-hybridized carbons (Fsp3) is 0.385. The van der Waals surface area contributed by atoms with Gasteiger partial charge in [-0.25, -0.2) is 9.97 Å². The van der Waals surface area contributed by atoms with Crippen molar-refractivity contribution in [2.24, 2.45) is 7.05 Å². The highest BCUT2D eigenvalue weighted by Gasteiger charge is 2.14. The Morgan fingerprint density at radius 2 is 1.95 bits per heavy atom. The van der Waals surface area contributed by atoms with Crippen LogP contribution in [-0.4, -0.2) is 39.8 Å². The Bertz CT molecular complexity index is 629. The van der Waals surface area contributed by atoms with E-state index in [0.717, 1.165) is 11.3 Å². The Balaban J connectivity index is 2.20. The monoisotopic (exact) mass is 274 g/mol. The standard InChI is InChI=1S/C13H18N6O/c1-8-9(2)17-19(5)12(8)16-13(20)10-6-15-11(7-14-10)18(3)4/h6-7H,1-5H3,(H,16,20). The zero-order chi connectivity index (χ0) is 14.9. The van der Waals surface area contributed by atoms with E-state index in [1.54, 1.807) is 17.9 Å². The number of nitrogens with one attached hydrogen (secondary N) is 1. The van der Waals surface area contributed by atoms with Crippen molar-refractivity contribution in [3.05, 3.63) is 29.3 Å². The molecule has 0 fully saturated rings. The third-order valence-corrected chi connectivity index (χ3v) is 3.08. The van der Waals surface area contributed by atoms with Crippen molar-refractivity contribution in [3.8, 4) is 0 Å². The van der Waals surface area contributed by atoms with Gasteiger partial charge < -0.3 is 10.2 Å². The van der Waals surface area contributed by atoms with Crippen molar-refractivity contribution in [1.82, 2.24) is 19.7 Å². The number of hydrogen-bond donors (Lipinski definition) is 1. The van der Waals surface area contributed by atoms with Crippen molar-refractivity contribution >= 4 is 17.5 Å². The predicted molar refractivity (Wildman–Crippen MR) is 77.0 cm³/mol. The number of amides is 1. The third kappa shape index (κ3) is 2.61. The summed E-state index contributed by atoms with van der Waals surface area (Å²) in [4.78, 5) is 22.3. The zero-order valence-electron chi connectivity index (χ0n) is 12.3. The third-order valence-electron chi connectivity index (χ3n) is 3.08. The maximum atomic E-state index is 12.1. The summed E-state index contributed by atoms with van der Waals surface area (Å²) >= 11 is 0. The van der Waals surface area contributed by atoms with Gasteiger partial charge in [-0.3, -0.25) is 9.48 Å². The molecule has 0 aliphatic heterocycles. The van der Waals surface area contributed by atoms with Gasteiger partial charge in [-0.1, -0.05) is 0 Å². The maximum Gasteiger partial charge on any atom is 0.277 e. The Labute approximate surface area is 117 Å². The number of anilines is 2. The quantitative estimate of drug-likeness (QED) is 0.908. The van der Waals surface area contributed by atoms with Crippen LogP contribution < -0.4 is 10.2 Å². The summed E-state index contributed by atoms with van der Waals surface area (Å²) in [6, 6.07) is 0. The first-order chi connectivity index (χ1) is 9.40. The molecule has 2 rings (SSSR count). The highest BCUT2D eigenvalue weighted by molar-refractivity contribution is 6.02. The Kier molecular flexibility index (Phi) is 3.69. The number of aryl methyl sites for hydroxylation is 2. The van der Waals surface area contributed by atoms with E-state index in [-0.39, 0.29) is 11.6 Å². The molecule has 0 aliphatic rings. The fourth-order valence-electron chi connectivity index (χ4n) is 1.78. The lowest BCUT2D eigenvalue weighted by molar-refractivity contribution is 0.102. The number of nitrogens with zero attached hydrogens (tertiary/aromatic N) is 5. The van der Waals surface area contributed by atoms with E-state index in [4.69, 9.17) is 0 Å². The first-order valence-electron chi connectivity index (χ1n) is 6.21. The fourth-order valence-corrected chi connectivity index (χ4v) is 1.78. The molecule has 0 spiro atoms. The average Bonchev–Trinajstić information content (AvgIpc) is 2.65. The molecule has 0 saturated carbocycles. The first-order valence-corrected chi connectivity index (χ1v) is 6.21. The smallest absolute Gasteiger partial charge is 0.277 e. The van der Waals surface area contributed by atoms with Crippen molar-refractivity contribution < 1.29 is 4.79 Å². The summed E-state index contributed by atoms with van der Waals surface area (Å²) in [7, 11) is 5.52. The van der Waals surface area contributed by atoms with Gasteiger partial charge in [0.1, 0.15) is 17.3 Å². The van der Waals surface area contributed by atoms with Crippen LogP contribution in [0.1, 0.15) is 21.7 Å². The molecule has 7 heteroatoms. The van der Waals surface area contributed by atoms with Gasteiger partial charge in [0.15, 0.2) is 0 Å². The van der Waals surface area contributed by atoms with Crippen LogP contribution in [0, 0.1) is 13.8 Å². The van der Waals surface area contributed by atoms with Crippen LogP contribution in [0.5, 0.6) is 0 Å². The minimum absolute atomic E-state index is 0.272. The van der Waals surface area contributed by atoms with E-state index >= 15 is 0 Å². The molecule has 106 valence electrons. The second kappa shape index (κ2) is 5.28. The molecule has 0 aliphatic carbocycles. The van der Waals surface area contributed by atoms with Crippen LogP contribution in [0.3, 0.4) is 0 Å². The summed E-state index contributed by atoms with van der Waals surface area (Å²) in [6.07, 6.45) is 3.03. The van der Waals surface area contributed by atoms with Crippen LogP contribution in [0.4, 0.5) is 11.6 Å². The molecule has 7 nitrogen and oxygen atoms in total. The minimum Gasteiger partial charge on any atom is -0.361 e. The van der Waals surface area contributed by atoms with E-state index in [2.05, 4.69) is 20.4 Å². The van der Waals surface area contributed by atoms with E-state index in [1.807, 2.05) is 32.8 Å². The van der Waals surface area contributed by atoms with Gasteiger partial charge in [0.05, 0.1) is 18.1 Å². The predicted octanol–water partition coefficient (Wildman–Crippen LogP) is 1.15. The lowest BCUT2D eigenvalue weighted by Crippen LogP contribution is -2.18.